The van der Waals surface area contributed by atoms with Crippen molar-refractivity contribution >= 4 is 22.6 Å². The van der Waals surface area contributed by atoms with Gasteiger partial charge >= 0.3 is 0 Å². The summed E-state index contributed by atoms with van der Waals surface area (Å²) in [7, 11) is 0. The van der Waals surface area contributed by atoms with Crippen LogP contribution in [0, 0.1) is 13.8 Å². The van der Waals surface area contributed by atoms with E-state index in [9.17, 15) is 9.59 Å². The molecule has 1 atom stereocenters. The molecule has 0 aliphatic carbocycles. The van der Waals surface area contributed by atoms with E-state index in [-0.39, 0.29) is 17.1 Å². The third kappa shape index (κ3) is 4.51. The van der Waals surface area contributed by atoms with E-state index in [2.05, 4.69) is 0 Å². The average Bonchev–Trinajstić information content (AvgIpc) is 3.26. The molecule has 0 bridgehead atoms. The fourth-order valence-corrected chi connectivity index (χ4v) is 5.19. The summed E-state index contributed by atoms with van der Waals surface area (Å²) >= 11 is 0. The summed E-state index contributed by atoms with van der Waals surface area (Å²) in [5.74, 6) is 0.837. The zero-order chi connectivity index (χ0) is 27.8. The van der Waals surface area contributed by atoms with Crippen LogP contribution in [-0.2, 0) is 6.61 Å². The lowest BCUT2D eigenvalue weighted by Gasteiger charge is -2.26. The van der Waals surface area contributed by atoms with Gasteiger partial charge in [-0.25, -0.2) is 0 Å². The lowest BCUT2D eigenvalue weighted by atomic mass is 9.97. The Labute approximate surface area is 232 Å². The average molecular weight is 532 g/mol. The summed E-state index contributed by atoms with van der Waals surface area (Å²) in [4.78, 5) is 29.5. The van der Waals surface area contributed by atoms with E-state index in [0.717, 1.165) is 22.3 Å². The lowest BCUT2D eigenvalue weighted by molar-refractivity contribution is 0.0971. The Hall–Kier alpha value is -4.84. The van der Waals surface area contributed by atoms with Crippen LogP contribution in [0.5, 0.6) is 11.5 Å². The van der Waals surface area contributed by atoms with E-state index < -0.39 is 6.04 Å². The van der Waals surface area contributed by atoms with E-state index in [1.165, 1.54) is 0 Å². The molecule has 6 nitrogen and oxygen atoms in total. The molecule has 6 heteroatoms. The molecule has 1 aliphatic rings. The zero-order valence-corrected chi connectivity index (χ0v) is 22.6. The molecule has 1 amide bonds. The molecule has 1 aliphatic heterocycles. The topological polar surface area (TPSA) is 69.0 Å². The smallest absolute Gasteiger partial charge is 0.295 e. The van der Waals surface area contributed by atoms with Crippen molar-refractivity contribution in [1.29, 1.82) is 0 Å². The predicted octanol–water partition coefficient (Wildman–Crippen LogP) is 7.14. The summed E-state index contributed by atoms with van der Waals surface area (Å²) in [6, 6.07) is 27.9. The maximum absolute atomic E-state index is 14.0. The minimum Gasteiger partial charge on any atom is -0.490 e. The van der Waals surface area contributed by atoms with Gasteiger partial charge in [0.25, 0.3) is 5.91 Å². The van der Waals surface area contributed by atoms with Crippen molar-refractivity contribution in [3.63, 3.8) is 0 Å². The SMILES string of the molecule is CCOc1cc(C2c3c(oc4ccc(C)cc4c3=O)C(=O)N2c2ccc(C)cc2)ccc1OCc1ccccc1. The fourth-order valence-electron chi connectivity index (χ4n) is 5.19. The second kappa shape index (κ2) is 10.4. The van der Waals surface area contributed by atoms with E-state index in [4.69, 9.17) is 13.9 Å². The van der Waals surface area contributed by atoms with Gasteiger partial charge in [-0.2, -0.15) is 0 Å². The van der Waals surface area contributed by atoms with Gasteiger partial charge in [-0.1, -0.05) is 65.7 Å². The second-order valence-corrected chi connectivity index (χ2v) is 10.0. The maximum Gasteiger partial charge on any atom is 0.295 e. The van der Waals surface area contributed by atoms with Gasteiger partial charge in [0.1, 0.15) is 12.2 Å². The number of carbonyl (C=O) groups is 1. The molecule has 0 spiro atoms. The summed E-state index contributed by atoms with van der Waals surface area (Å²) < 4.78 is 18.2. The molecule has 0 saturated carbocycles. The van der Waals surface area contributed by atoms with Gasteiger partial charge in [0.15, 0.2) is 16.9 Å². The summed E-state index contributed by atoms with van der Waals surface area (Å²) in [6.45, 7) is 6.64. The number of benzene rings is 4. The van der Waals surface area contributed by atoms with Gasteiger partial charge < -0.3 is 13.9 Å². The van der Waals surface area contributed by atoms with E-state index in [1.807, 2.05) is 106 Å². The predicted molar refractivity (Wildman–Crippen MR) is 155 cm³/mol. The number of fused-ring (bicyclic) bond motifs is 2. The van der Waals surface area contributed by atoms with Crippen LogP contribution in [0.15, 0.2) is 100 Å². The number of rotatable bonds is 7. The first-order chi connectivity index (χ1) is 19.4. The molecule has 1 aromatic heterocycles. The van der Waals surface area contributed by atoms with Crippen LogP contribution in [-0.4, -0.2) is 12.5 Å². The molecule has 0 radical (unpaired) electrons. The van der Waals surface area contributed by atoms with Crippen molar-refractivity contribution in [2.45, 2.75) is 33.4 Å². The standard InChI is InChI=1S/C34H29NO5/c1-4-38-29-19-24(13-17-28(29)39-20-23-8-6-5-7-9-23)31-30-32(36)26-18-22(3)12-16-27(26)40-33(30)34(37)35(31)25-14-10-21(2)11-15-25/h5-19,31H,4,20H2,1-3H3. The molecule has 40 heavy (non-hydrogen) atoms. The number of hydrogen-bond acceptors (Lipinski definition) is 5. The summed E-state index contributed by atoms with van der Waals surface area (Å²) in [6.07, 6.45) is 0. The number of carbonyl (C=O) groups excluding carboxylic acids is 1. The fraction of sp³-hybridized carbons (Fsp3) is 0.176. The quantitative estimate of drug-likeness (QED) is 0.223. The van der Waals surface area contributed by atoms with Crippen LogP contribution < -0.4 is 19.8 Å². The molecule has 0 saturated heterocycles. The number of anilines is 1. The van der Waals surface area contributed by atoms with E-state index in [1.54, 1.807) is 11.0 Å². The minimum atomic E-state index is -0.700. The van der Waals surface area contributed by atoms with Crippen molar-refractivity contribution in [3.05, 3.63) is 135 Å². The normalized spacial score (nSPS) is 14.4. The minimum absolute atomic E-state index is 0.0642. The molecule has 0 fully saturated rings. The highest BCUT2D eigenvalue weighted by molar-refractivity contribution is 6.10. The molecule has 6 rings (SSSR count). The molecule has 4 aromatic carbocycles. The third-order valence-electron chi connectivity index (χ3n) is 7.16. The monoisotopic (exact) mass is 531 g/mol. The van der Waals surface area contributed by atoms with Crippen molar-refractivity contribution in [2.75, 3.05) is 11.5 Å². The van der Waals surface area contributed by atoms with Crippen molar-refractivity contribution in [1.82, 2.24) is 0 Å². The van der Waals surface area contributed by atoms with Crippen LogP contribution in [0.1, 0.15) is 51.3 Å². The largest absolute Gasteiger partial charge is 0.490 e. The van der Waals surface area contributed by atoms with Crippen molar-refractivity contribution < 1.29 is 18.7 Å². The Morgan fingerprint density at radius 3 is 2.30 bits per heavy atom. The van der Waals surface area contributed by atoms with Crippen molar-refractivity contribution in [3.8, 4) is 11.5 Å². The van der Waals surface area contributed by atoms with Crippen LogP contribution in [0.2, 0.25) is 0 Å². The van der Waals surface area contributed by atoms with Crippen LogP contribution >= 0.6 is 0 Å². The van der Waals surface area contributed by atoms with Gasteiger partial charge in [0.2, 0.25) is 5.76 Å². The van der Waals surface area contributed by atoms with Crippen LogP contribution in [0.3, 0.4) is 0 Å². The Kier molecular flexibility index (Phi) is 6.60. The Bertz CT molecular complexity index is 1770. The molecule has 1 unspecified atom stereocenters. The van der Waals surface area contributed by atoms with E-state index >= 15 is 0 Å². The van der Waals surface area contributed by atoms with E-state index in [0.29, 0.717) is 46.9 Å². The Morgan fingerprint density at radius 2 is 1.55 bits per heavy atom. The van der Waals surface area contributed by atoms with Crippen LogP contribution in [0.4, 0.5) is 5.69 Å². The lowest BCUT2D eigenvalue weighted by Crippen LogP contribution is -2.29. The van der Waals surface area contributed by atoms with Gasteiger partial charge in [-0.15, -0.1) is 0 Å². The number of ether oxygens (including phenoxy) is 2. The molecular weight excluding hydrogens is 502 g/mol. The number of aryl methyl sites for hydroxylation is 2. The zero-order valence-electron chi connectivity index (χ0n) is 22.6. The first-order valence-electron chi connectivity index (χ1n) is 13.4. The Morgan fingerprint density at radius 1 is 0.800 bits per heavy atom. The van der Waals surface area contributed by atoms with Gasteiger partial charge in [0, 0.05) is 5.69 Å². The summed E-state index contributed by atoms with van der Waals surface area (Å²) in [5.41, 5.74) is 4.95. The highest BCUT2D eigenvalue weighted by atomic mass is 16.5. The molecule has 5 aromatic rings. The van der Waals surface area contributed by atoms with Crippen molar-refractivity contribution in [2.24, 2.45) is 0 Å². The molecule has 0 N–H and O–H groups in total. The van der Waals surface area contributed by atoms with Crippen LogP contribution in [0.25, 0.3) is 11.0 Å². The molecule has 2 heterocycles. The summed E-state index contributed by atoms with van der Waals surface area (Å²) in [5, 5.41) is 0.454. The second-order valence-electron chi connectivity index (χ2n) is 10.0. The van der Waals surface area contributed by atoms with Gasteiger partial charge in [-0.05, 0) is 68.3 Å². The highest BCUT2D eigenvalue weighted by Gasteiger charge is 2.44. The number of nitrogens with zero attached hydrogens (tertiary/aromatic N) is 1. The first-order valence-corrected chi connectivity index (χ1v) is 13.4. The van der Waals surface area contributed by atoms with Gasteiger partial charge in [0.05, 0.1) is 23.6 Å². The first kappa shape index (κ1) is 25.4. The number of amides is 1. The molecular formula is C34H29NO5. The maximum atomic E-state index is 14.0. The Balaban J connectivity index is 1.50. The number of hydrogen-bond donors (Lipinski definition) is 0. The molecule has 200 valence electrons. The van der Waals surface area contributed by atoms with Gasteiger partial charge in [-0.3, -0.25) is 14.5 Å². The highest BCUT2D eigenvalue weighted by Crippen LogP contribution is 2.43. The third-order valence-corrected chi connectivity index (χ3v) is 7.16.